The molecule has 0 saturated heterocycles. The first kappa shape index (κ1) is 10.8. The number of H-pyrrole nitrogens is 1. The van der Waals surface area contributed by atoms with Crippen molar-refractivity contribution in [1.29, 1.82) is 0 Å². The van der Waals surface area contributed by atoms with Crippen LogP contribution in [-0.4, -0.2) is 26.2 Å². The van der Waals surface area contributed by atoms with Crippen LogP contribution in [0.15, 0.2) is 24.3 Å². The van der Waals surface area contributed by atoms with E-state index in [1.165, 1.54) is 5.56 Å². The maximum absolute atomic E-state index is 5.99. The third kappa shape index (κ3) is 2.64. The predicted octanol–water partition coefficient (Wildman–Crippen LogP) is 1.15. The number of aromatic nitrogens is 4. The summed E-state index contributed by atoms with van der Waals surface area (Å²) in [5.74, 6) is 0.608. The standard InChI is InChI=1S/C11H15N5/c1-11(2,12)7-8-4-3-5-9(6-8)10-13-15-16-14-10/h3-6H,7,12H2,1-2H3,(H,13,14,15,16). The Morgan fingerprint density at radius 1 is 1.38 bits per heavy atom. The molecule has 2 aromatic rings. The van der Waals surface area contributed by atoms with E-state index in [2.05, 4.69) is 26.7 Å². The lowest BCUT2D eigenvalue weighted by Gasteiger charge is -2.18. The van der Waals surface area contributed by atoms with Crippen LogP contribution in [-0.2, 0) is 6.42 Å². The van der Waals surface area contributed by atoms with Gasteiger partial charge in [0, 0.05) is 11.1 Å². The normalized spacial score (nSPS) is 11.7. The molecule has 0 aliphatic carbocycles. The van der Waals surface area contributed by atoms with E-state index in [4.69, 9.17) is 5.73 Å². The van der Waals surface area contributed by atoms with Gasteiger partial charge in [-0.05, 0) is 37.1 Å². The van der Waals surface area contributed by atoms with Crippen molar-refractivity contribution in [2.45, 2.75) is 25.8 Å². The Kier molecular flexibility index (Phi) is 2.70. The fourth-order valence-corrected chi connectivity index (χ4v) is 1.63. The smallest absolute Gasteiger partial charge is 0.204 e. The summed E-state index contributed by atoms with van der Waals surface area (Å²) in [6, 6.07) is 8.03. The molecule has 1 aromatic heterocycles. The number of hydrogen-bond donors (Lipinski definition) is 2. The van der Waals surface area contributed by atoms with E-state index >= 15 is 0 Å². The van der Waals surface area contributed by atoms with Gasteiger partial charge in [-0.15, -0.1) is 10.2 Å². The van der Waals surface area contributed by atoms with Gasteiger partial charge >= 0.3 is 0 Å². The number of benzene rings is 1. The maximum atomic E-state index is 5.99. The molecule has 16 heavy (non-hydrogen) atoms. The van der Waals surface area contributed by atoms with Gasteiger partial charge in [0.25, 0.3) is 0 Å². The fourth-order valence-electron chi connectivity index (χ4n) is 1.63. The number of nitrogens with one attached hydrogen (secondary N) is 1. The van der Waals surface area contributed by atoms with Gasteiger partial charge in [-0.25, -0.2) is 0 Å². The monoisotopic (exact) mass is 217 g/mol. The maximum Gasteiger partial charge on any atom is 0.204 e. The average Bonchev–Trinajstić information content (AvgIpc) is 2.68. The van der Waals surface area contributed by atoms with Gasteiger partial charge in [0.1, 0.15) is 0 Å². The highest BCUT2D eigenvalue weighted by atomic mass is 15.5. The molecule has 0 spiro atoms. The number of nitrogens with two attached hydrogens (primary N) is 1. The highest BCUT2D eigenvalue weighted by Crippen LogP contribution is 2.17. The Hall–Kier alpha value is -1.75. The predicted molar refractivity (Wildman–Crippen MR) is 61.6 cm³/mol. The van der Waals surface area contributed by atoms with E-state index < -0.39 is 0 Å². The molecule has 0 fully saturated rings. The molecule has 3 N–H and O–H groups in total. The Bertz CT molecular complexity index is 455. The minimum atomic E-state index is -0.212. The molecule has 0 aliphatic heterocycles. The largest absolute Gasteiger partial charge is 0.325 e. The lowest BCUT2D eigenvalue weighted by molar-refractivity contribution is 0.517. The topological polar surface area (TPSA) is 80.5 Å². The summed E-state index contributed by atoms with van der Waals surface area (Å²) in [5.41, 5.74) is 7.90. The quantitative estimate of drug-likeness (QED) is 0.808. The van der Waals surface area contributed by atoms with Crippen molar-refractivity contribution >= 4 is 0 Å². The lowest BCUT2D eigenvalue weighted by Crippen LogP contribution is -2.34. The van der Waals surface area contributed by atoms with E-state index in [0.717, 1.165) is 12.0 Å². The van der Waals surface area contributed by atoms with E-state index in [0.29, 0.717) is 5.82 Å². The minimum Gasteiger partial charge on any atom is -0.325 e. The third-order valence-electron chi connectivity index (χ3n) is 2.19. The summed E-state index contributed by atoms with van der Waals surface area (Å²) < 4.78 is 0. The number of aromatic amines is 1. The summed E-state index contributed by atoms with van der Waals surface area (Å²) in [4.78, 5) is 0. The number of hydrogen-bond acceptors (Lipinski definition) is 4. The first-order valence-electron chi connectivity index (χ1n) is 5.16. The molecule has 0 unspecified atom stereocenters. The Balaban J connectivity index is 2.27. The van der Waals surface area contributed by atoms with Gasteiger partial charge < -0.3 is 5.73 Å². The van der Waals surface area contributed by atoms with Gasteiger partial charge in [0.2, 0.25) is 5.82 Å². The second-order valence-electron chi connectivity index (χ2n) is 4.60. The zero-order valence-corrected chi connectivity index (χ0v) is 9.44. The second kappa shape index (κ2) is 4.02. The first-order chi connectivity index (χ1) is 7.54. The molecular weight excluding hydrogens is 202 g/mol. The molecule has 0 radical (unpaired) electrons. The lowest BCUT2D eigenvalue weighted by atomic mass is 9.95. The van der Waals surface area contributed by atoms with Crippen molar-refractivity contribution in [3.05, 3.63) is 29.8 Å². The van der Waals surface area contributed by atoms with Gasteiger partial charge in [-0.2, -0.15) is 5.21 Å². The second-order valence-corrected chi connectivity index (χ2v) is 4.60. The summed E-state index contributed by atoms with van der Waals surface area (Å²) in [6.07, 6.45) is 0.818. The highest BCUT2D eigenvalue weighted by molar-refractivity contribution is 5.54. The minimum absolute atomic E-state index is 0.212. The molecule has 2 rings (SSSR count). The molecule has 84 valence electrons. The first-order valence-corrected chi connectivity index (χ1v) is 5.16. The van der Waals surface area contributed by atoms with Crippen molar-refractivity contribution in [3.63, 3.8) is 0 Å². The molecule has 0 amide bonds. The van der Waals surface area contributed by atoms with E-state index in [1.54, 1.807) is 0 Å². The summed E-state index contributed by atoms with van der Waals surface area (Å²) in [6.45, 7) is 4.02. The Labute approximate surface area is 94.1 Å². The molecule has 0 aliphatic rings. The van der Waals surface area contributed by atoms with Crippen LogP contribution in [0.2, 0.25) is 0 Å². The zero-order chi connectivity index (χ0) is 11.6. The SMILES string of the molecule is CC(C)(N)Cc1cccc(-c2nn[nH]n2)c1. The molecular formula is C11H15N5. The molecule has 0 atom stereocenters. The van der Waals surface area contributed by atoms with Crippen molar-refractivity contribution in [1.82, 2.24) is 20.6 Å². The summed E-state index contributed by atoms with van der Waals surface area (Å²) >= 11 is 0. The Morgan fingerprint density at radius 3 is 2.81 bits per heavy atom. The number of tetrazole rings is 1. The van der Waals surface area contributed by atoms with Crippen molar-refractivity contribution in [2.24, 2.45) is 5.73 Å². The molecule has 1 aromatic carbocycles. The zero-order valence-electron chi connectivity index (χ0n) is 9.44. The molecule has 1 heterocycles. The van der Waals surface area contributed by atoms with Crippen LogP contribution in [0.25, 0.3) is 11.4 Å². The summed E-state index contributed by atoms with van der Waals surface area (Å²) in [7, 11) is 0. The van der Waals surface area contributed by atoms with Crippen molar-refractivity contribution < 1.29 is 0 Å². The van der Waals surface area contributed by atoms with Crippen LogP contribution < -0.4 is 5.73 Å². The van der Waals surface area contributed by atoms with E-state index in [9.17, 15) is 0 Å². The molecule has 5 nitrogen and oxygen atoms in total. The van der Waals surface area contributed by atoms with Crippen LogP contribution in [0.4, 0.5) is 0 Å². The van der Waals surface area contributed by atoms with E-state index in [1.807, 2.05) is 32.0 Å². The third-order valence-corrected chi connectivity index (χ3v) is 2.19. The van der Waals surface area contributed by atoms with Crippen LogP contribution in [0.3, 0.4) is 0 Å². The van der Waals surface area contributed by atoms with Gasteiger partial charge in [0.15, 0.2) is 0 Å². The van der Waals surface area contributed by atoms with Crippen LogP contribution in [0.5, 0.6) is 0 Å². The fraction of sp³-hybridized carbons (Fsp3) is 0.364. The van der Waals surface area contributed by atoms with Gasteiger partial charge in [-0.1, -0.05) is 18.2 Å². The van der Waals surface area contributed by atoms with Crippen LogP contribution >= 0.6 is 0 Å². The Morgan fingerprint density at radius 2 is 2.19 bits per heavy atom. The van der Waals surface area contributed by atoms with Gasteiger partial charge in [-0.3, -0.25) is 0 Å². The molecule has 0 bridgehead atoms. The highest BCUT2D eigenvalue weighted by Gasteiger charge is 2.12. The van der Waals surface area contributed by atoms with Gasteiger partial charge in [0.05, 0.1) is 0 Å². The number of nitrogens with zero attached hydrogens (tertiary/aromatic N) is 3. The van der Waals surface area contributed by atoms with Crippen LogP contribution in [0.1, 0.15) is 19.4 Å². The molecule has 5 heteroatoms. The summed E-state index contributed by atoms with van der Waals surface area (Å²) in [5, 5.41) is 13.9. The number of rotatable bonds is 3. The van der Waals surface area contributed by atoms with Crippen molar-refractivity contribution in [2.75, 3.05) is 0 Å². The van der Waals surface area contributed by atoms with Crippen molar-refractivity contribution in [3.8, 4) is 11.4 Å². The average molecular weight is 217 g/mol. The van der Waals surface area contributed by atoms with E-state index in [-0.39, 0.29) is 5.54 Å². The van der Waals surface area contributed by atoms with Crippen LogP contribution in [0, 0.1) is 0 Å². The molecule has 0 saturated carbocycles.